The summed E-state index contributed by atoms with van der Waals surface area (Å²) in [5.74, 6) is -0.372. The van der Waals surface area contributed by atoms with Crippen LogP contribution in [-0.4, -0.2) is 72.9 Å². The summed E-state index contributed by atoms with van der Waals surface area (Å²) in [7, 11) is 0. The van der Waals surface area contributed by atoms with Crippen molar-refractivity contribution in [3.8, 4) is 0 Å². The fourth-order valence-electron chi connectivity index (χ4n) is 3.78. The Labute approximate surface area is 206 Å². The minimum absolute atomic E-state index is 0.0576. The molecule has 0 aliphatic carbocycles. The van der Waals surface area contributed by atoms with Gasteiger partial charge in [-0.3, -0.25) is 29.6 Å². The van der Waals surface area contributed by atoms with Crippen LogP contribution in [0.5, 0.6) is 0 Å². The van der Waals surface area contributed by atoms with Crippen LogP contribution in [0.25, 0.3) is 0 Å². The van der Waals surface area contributed by atoms with Crippen LogP contribution in [0.4, 0.5) is 10.5 Å². The van der Waals surface area contributed by atoms with E-state index in [1.165, 1.54) is 41.0 Å². The summed E-state index contributed by atoms with van der Waals surface area (Å²) in [6.45, 7) is 1.40. The van der Waals surface area contributed by atoms with Crippen LogP contribution in [0.15, 0.2) is 48.7 Å². The van der Waals surface area contributed by atoms with Gasteiger partial charge in [0.05, 0.1) is 23.8 Å². The molecule has 12 heteroatoms. The van der Waals surface area contributed by atoms with Gasteiger partial charge in [0.15, 0.2) is 5.12 Å². The number of carbonyl (C=O) groups excluding carboxylic acids is 3. The first kappa shape index (κ1) is 26.1. The molecule has 1 aromatic carbocycles. The van der Waals surface area contributed by atoms with Crippen LogP contribution < -0.4 is 0 Å². The van der Waals surface area contributed by atoms with Crippen molar-refractivity contribution >= 4 is 34.6 Å². The van der Waals surface area contributed by atoms with Crippen LogP contribution in [0.1, 0.15) is 24.6 Å². The van der Waals surface area contributed by atoms with Crippen molar-refractivity contribution in [2.24, 2.45) is 0 Å². The number of benzene rings is 1. The first-order valence-corrected chi connectivity index (χ1v) is 11.8. The number of carbonyl (C=O) groups is 3. The number of hydrogen-bond acceptors (Lipinski definition) is 9. The lowest BCUT2D eigenvalue weighted by Crippen LogP contribution is -2.48. The molecule has 1 aliphatic heterocycles. The summed E-state index contributed by atoms with van der Waals surface area (Å²) in [4.78, 5) is 55.3. The zero-order valence-corrected chi connectivity index (χ0v) is 19.9. The van der Waals surface area contributed by atoms with Gasteiger partial charge in [-0.25, -0.2) is 4.79 Å². The highest BCUT2D eigenvalue weighted by molar-refractivity contribution is 8.14. The molecular formula is C23H26N4O7S. The molecule has 2 heterocycles. The molecule has 35 heavy (non-hydrogen) atoms. The van der Waals surface area contributed by atoms with Gasteiger partial charge in [-0.1, -0.05) is 17.8 Å². The van der Waals surface area contributed by atoms with E-state index in [1.807, 2.05) is 0 Å². The van der Waals surface area contributed by atoms with Crippen molar-refractivity contribution in [2.45, 2.75) is 37.8 Å². The molecule has 0 saturated carbocycles. The predicted molar refractivity (Wildman–Crippen MR) is 127 cm³/mol. The lowest BCUT2D eigenvalue weighted by molar-refractivity contribution is -0.384. The zero-order chi connectivity index (χ0) is 25.4. The molecule has 2 amide bonds. The van der Waals surface area contributed by atoms with Gasteiger partial charge in [-0.15, -0.1) is 0 Å². The van der Waals surface area contributed by atoms with Gasteiger partial charge in [-0.05, 0) is 36.2 Å². The second-order valence-electron chi connectivity index (χ2n) is 7.92. The number of nitro benzene ring substituents is 1. The van der Waals surface area contributed by atoms with Crippen molar-refractivity contribution in [1.29, 1.82) is 0 Å². The maximum atomic E-state index is 13.4. The van der Waals surface area contributed by atoms with E-state index in [0.29, 0.717) is 11.3 Å². The molecule has 1 saturated heterocycles. The number of aliphatic hydroxyl groups is 1. The Morgan fingerprint density at radius 1 is 1.26 bits per heavy atom. The second-order valence-corrected chi connectivity index (χ2v) is 9.40. The number of amides is 2. The maximum absolute atomic E-state index is 13.4. The van der Waals surface area contributed by atoms with E-state index in [1.54, 1.807) is 24.4 Å². The molecular weight excluding hydrogens is 476 g/mol. The number of nitro groups is 1. The number of likely N-dealkylation sites (tertiary alicyclic amines) is 1. The van der Waals surface area contributed by atoms with Crippen molar-refractivity contribution in [2.75, 3.05) is 19.7 Å². The number of aliphatic hydroxyl groups excluding tert-OH is 1. The first-order valence-electron chi connectivity index (χ1n) is 10.9. The van der Waals surface area contributed by atoms with E-state index in [2.05, 4.69) is 4.98 Å². The van der Waals surface area contributed by atoms with Gasteiger partial charge < -0.3 is 14.7 Å². The summed E-state index contributed by atoms with van der Waals surface area (Å²) >= 11 is 1.07. The Hall–Kier alpha value is -3.51. The zero-order valence-electron chi connectivity index (χ0n) is 19.1. The number of pyridine rings is 1. The molecule has 11 nitrogen and oxygen atoms in total. The van der Waals surface area contributed by atoms with E-state index >= 15 is 0 Å². The molecule has 1 aliphatic rings. The largest absolute Gasteiger partial charge is 0.445 e. The molecule has 1 fully saturated rings. The molecule has 186 valence electrons. The highest BCUT2D eigenvalue weighted by Crippen LogP contribution is 2.30. The van der Waals surface area contributed by atoms with Crippen molar-refractivity contribution < 1.29 is 29.2 Å². The predicted octanol–water partition coefficient (Wildman–Crippen LogP) is 2.37. The molecule has 2 atom stereocenters. The van der Waals surface area contributed by atoms with E-state index in [4.69, 9.17) is 4.74 Å². The van der Waals surface area contributed by atoms with Crippen LogP contribution in [-0.2, 0) is 27.5 Å². The minimum atomic E-state index is -0.869. The Morgan fingerprint density at radius 3 is 2.60 bits per heavy atom. The quantitative estimate of drug-likeness (QED) is 0.404. The maximum Gasteiger partial charge on any atom is 0.410 e. The Kier molecular flexibility index (Phi) is 9.15. The van der Waals surface area contributed by atoms with Gasteiger partial charge in [0.25, 0.3) is 5.69 Å². The standard InChI is InChI=1S/C23H26N4O7S/c1-16(29)35-20-12-21(22(30)25(10-11-28)13-18-4-2-3-9-24-18)26(14-20)23(31)34-15-17-5-7-19(8-6-17)27(32)33/h2-9,20-21,28H,10-15H2,1H3/t20-,21-/m0/s1. The summed E-state index contributed by atoms with van der Waals surface area (Å²) in [5.41, 5.74) is 1.11. The highest BCUT2D eigenvalue weighted by Gasteiger charge is 2.43. The van der Waals surface area contributed by atoms with Gasteiger partial charge >= 0.3 is 6.09 Å². The molecule has 2 aromatic rings. The lowest BCUT2D eigenvalue weighted by Gasteiger charge is -2.29. The first-order chi connectivity index (χ1) is 16.8. The van der Waals surface area contributed by atoms with Crippen LogP contribution >= 0.6 is 11.8 Å². The van der Waals surface area contributed by atoms with Crippen molar-refractivity contribution in [3.05, 3.63) is 70.0 Å². The molecule has 0 radical (unpaired) electrons. The third-order valence-electron chi connectivity index (χ3n) is 5.38. The fourth-order valence-corrected chi connectivity index (χ4v) is 4.76. The Morgan fingerprint density at radius 2 is 2.00 bits per heavy atom. The van der Waals surface area contributed by atoms with Gasteiger partial charge in [0, 0.05) is 43.6 Å². The third-order valence-corrected chi connectivity index (χ3v) is 6.39. The Balaban J connectivity index is 1.73. The number of non-ortho nitro benzene ring substituents is 1. The highest BCUT2D eigenvalue weighted by atomic mass is 32.2. The number of thioether (sulfide) groups is 1. The van der Waals surface area contributed by atoms with E-state index in [-0.39, 0.29) is 61.2 Å². The van der Waals surface area contributed by atoms with Crippen LogP contribution in [0, 0.1) is 10.1 Å². The van der Waals surface area contributed by atoms with Crippen LogP contribution in [0.2, 0.25) is 0 Å². The number of hydrogen-bond donors (Lipinski definition) is 1. The molecule has 1 N–H and O–H groups in total. The fraction of sp³-hybridized carbons (Fsp3) is 0.391. The number of rotatable bonds is 9. The van der Waals surface area contributed by atoms with E-state index in [0.717, 1.165) is 11.8 Å². The van der Waals surface area contributed by atoms with E-state index < -0.39 is 17.1 Å². The average molecular weight is 503 g/mol. The summed E-state index contributed by atoms with van der Waals surface area (Å²) in [6, 6.07) is 10.0. The van der Waals surface area contributed by atoms with Gasteiger partial charge in [0.2, 0.25) is 5.91 Å². The monoisotopic (exact) mass is 502 g/mol. The molecule has 0 bridgehead atoms. The number of nitrogens with zero attached hydrogens (tertiary/aromatic N) is 4. The van der Waals surface area contributed by atoms with E-state index in [9.17, 15) is 29.6 Å². The summed E-state index contributed by atoms with van der Waals surface area (Å²) < 4.78 is 5.39. The molecule has 0 spiro atoms. The smallest absolute Gasteiger partial charge is 0.410 e. The Bertz CT molecular complexity index is 1050. The minimum Gasteiger partial charge on any atom is -0.445 e. The SMILES string of the molecule is CC(=O)S[C@H]1C[C@@H](C(=O)N(CCO)Cc2ccccn2)N(C(=O)OCc2ccc([N+](=O)[O-])cc2)C1. The third kappa shape index (κ3) is 7.23. The summed E-state index contributed by atoms with van der Waals surface area (Å²) in [5, 5.41) is 19.9. The summed E-state index contributed by atoms with van der Waals surface area (Å²) in [6.07, 6.45) is 1.14. The number of ether oxygens (including phenoxy) is 1. The lowest BCUT2D eigenvalue weighted by atomic mass is 10.1. The normalized spacial score (nSPS) is 17.1. The molecule has 1 aromatic heterocycles. The molecule has 0 unspecified atom stereocenters. The van der Waals surface area contributed by atoms with Gasteiger partial charge in [-0.2, -0.15) is 0 Å². The number of aromatic nitrogens is 1. The second kappa shape index (κ2) is 12.3. The molecule has 3 rings (SSSR count). The van der Waals surface area contributed by atoms with Crippen molar-refractivity contribution in [3.63, 3.8) is 0 Å². The van der Waals surface area contributed by atoms with Gasteiger partial charge in [0.1, 0.15) is 12.6 Å². The average Bonchev–Trinajstić information content (AvgIpc) is 3.26. The topological polar surface area (TPSA) is 143 Å². The van der Waals surface area contributed by atoms with Crippen LogP contribution in [0.3, 0.4) is 0 Å². The van der Waals surface area contributed by atoms with Crippen molar-refractivity contribution in [1.82, 2.24) is 14.8 Å².